The molecular formula is C19H23NO3. The predicted molar refractivity (Wildman–Crippen MR) is 89.7 cm³/mol. The van der Waals surface area contributed by atoms with Crippen LogP contribution in [-0.4, -0.2) is 37.6 Å². The van der Waals surface area contributed by atoms with E-state index in [9.17, 15) is 5.11 Å². The maximum atomic E-state index is 10.5. The summed E-state index contributed by atoms with van der Waals surface area (Å²) >= 11 is 0. The molecule has 0 radical (unpaired) electrons. The van der Waals surface area contributed by atoms with Crippen molar-refractivity contribution in [1.82, 2.24) is 5.32 Å². The molecule has 0 saturated carbocycles. The molecule has 2 N–H and O–H groups in total. The number of rotatable bonds is 6. The molecular weight excluding hydrogens is 290 g/mol. The van der Waals surface area contributed by atoms with Gasteiger partial charge in [0.25, 0.3) is 0 Å². The summed E-state index contributed by atoms with van der Waals surface area (Å²) in [5, 5.41) is 14.0. The Bertz CT molecular complexity index is 606. The van der Waals surface area contributed by atoms with Crippen LogP contribution in [0.1, 0.15) is 23.6 Å². The minimum Gasteiger partial charge on any atom is -0.497 e. The molecule has 1 fully saturated rings. The Morgan fingerprint density at radius 3 is 2.43 bits per heavy atom. The Morgan fingerprint density at radius 1 is 1.13 bits per heavy atom. The first kappa shape index (κ1) is 16.0. The van der Waals surface area contributed by atoms with Gasteiger partial charge in [0.15, 0.2) is 0 Å². The maximum Gasteiger partial charge on any atom is 0.118 e. The lowest BCUT2D eigenvalue weighted by Crippen LogP contribution is -2.42. The van der Waals surface area contributed by atoms with Crippen LogP contribution in [0.25, 0.3) is 0 Å². The Kier molecular flexibility index (Phi) is 4.96. The number of hydrogen-bond donors (Lipinski definition) is 2. The van der Waals surface area contributed by atoms with Gasteiger partial charge in [0.05, 0.1) is 19.8 Å². The molecule has 23 heavy (non-hydrogen) atoms. The van der Waals surface area contributed by atoms with E-state index in [0.29, 0.717) is 26.2 Å². The molecule has 4 heteroatoms. The van der Waals surface area contributed by atoms with Crippen molar-refractivity contribution < 1.29 is 14.6 Å². The molecule has 122 valence electrons. The number of nitrogens with one attached hydrogen (secondary N) is 1. The van der Waals surface area contributed by atoms with Gasteiger partial charge in [0, 0.05) is 19.6 Å². The van der Waals surface area contributed by atoms with E-state index in [0.717, 1.165) is 11.3 Å². The summed E-state index contributed by atoms with van der Waals surface area (Å²) in [5.41, 5.74) is 1.53. The van der Waals surface area contributed by atoms with Gasteiger partial charge in [-0.1, -0.05) is 42.5 Å². The predicted octanol–water partition coefficient (Wildman–Crippen LogP) is 2.53. The maximum absolute atomic E-state index is 10.5. The Hall–Kier alpha value is -1.88. The summed E-state index contributed by atoms with van der Waals surface area (Å²) in [6.45, 7) is 1.51. The van der Waals surface area contributed by atoms with Crippen LogP contribution in [0.5, 0.6) is 5.75 Å². The first-order valence-electron chi connectivity index (χ1n) is 7.93. The number of aliphatic hydroxyl groups is 1. The quantitative estimate of drug-likeness (QED) is 0.860. The monoisotopic (exact) mass is 313 g/mol. The van der Waals surface area contributed by atoms with Crippen LogP contribution in [0, 0.1) is 0 Å². The topological polar surface area (TPSA) is 50.7 Å². The zero-order valence-electron chi connectivity index (χ0n) is 13.4. The van der Waals surface area contributed by atoms with Crippen molar-refractivity contribution in [2.45, 2.75) is 18.1 Å². The summed E-state index contributed by atoms with van der Waals surface area (Å²) < 4.78 is 10.6. The van der Waals surface area contributed by atoms with Crippen molar-refractivity contribution in [3.63, 3.8) is 0 Å². The molecule has 2 atom stereocenters. The molecule has 0 amide bonds. The van der Waals surface area contributed by atoms with E-state index < -0.39 is 5.60 Å². The summed E-state index contributed by atoms with van der Waals surface area (Å²) in [6, 6.07) is 18.3. The highest BCUT2D eigenvalue weighted by Crippen LogP contribution is 2.26. The van der Waals surface area contributed by atoms with Crippen molar-refractivity contribution in [2.24, 2.45) is 0 Å². The van der Waals surface area contributed by atoms with Crippen LogP contribution < -0.4 is 10.1 Å². The second-order valence-corrected chi connectivity index (χ2v) is 6.02. The van der Waals surface area contributed by atoms with E-state index in [4.69, 9.17) is 9.47 Å². The highest BCUT2D eigenvalue weighted by Gasteiger charge is 2.32. The van der Waals surface area contributed by atoms with Gasteiger partial charge >= 0.3 is 0 Å². The average molecular weight is 313 g/mol. The van der Waals surface area contributed by atoms with Gasteiger partial charge in [0.2, 0.25) is 0 Å². The normalized spacial score (nSPS) is 22.0. The molecule has 1 saturated heterocycles. The molecule has 0 spiro atoms. The molecule has 0 bridgehead atoms. The lowest BCUT2D eigenvalue weighted by atomic mass is 9.96. The number of methoxy groups -OCH3 is 1. The molecule has 0 aromatic heterocycles. The SMILES string of the molecule is COc1ccc([C@H](NC[C@]2(O)CCOC2)c2ccccc2)cc1. The second kappa shape index (κ2) is 7.13. The van der Waals surface area contributed by atoms with Gasteiger partial charge in [-0.3, -0.25) is 0 Å². The van der Waals surface area contributed by atoms with Gasteiger partial charge < -0.3 is 19.9 Å². The molecule has 1 aliphatic rings. The van der Waals surface area contributed by atoms with Crippen molar-refractivity contribution in [1.29, 1.82) is 0 Å². The Balaban J connectivity index is 1.81. The fraction of sp³-hybridized carbons (Fsp3) is 0.368. The van der Waals surface area contributed by atoms with Crippen LogP contribution in [0.2, 0.25) is 0 Å². The smallest absolute Gasteiger partial charge is 0.118 e. The molecule has 2 aromatic carbocycles. The number of ether oxygens (including phenoxy) is 2. The molecule has 0 unspecified atom stereocenters. The summed E-state index contributed by atoms with van der Waals surface area (Å²) in [4.78, 5) is 0. The van der Waals surface area contributed by atoms with Crippen molar-refractivity contribution in [3.05, 3.63) is 65.7 Å². The van der Waals surface area contributed by atoms with E-state index in [1.54, 1.807) is 7.11 Å². The van der Waals surface area contributed by atoms with Crippen LogP contribution >= 0.6 is 0 Å². The van der Waals surface area contributed by atoms with Crippen molar-refractivity contribution in [3.8, 4) is 5.75 Å². The average Bonchev–Trinajstić information content (AvgIpc) is 3.03. The summed E-state index contributed by atoms with van der Waals surface area (Å²) in [6.07, 6.45) is 0.671. The van der Waals surface area contributed by atoms with Gasteiger partial charge in [0.1, 0.15) is 11.4 Å². The third kappa shape index (κ3) is 3.91. The molecule has 4 nitrogen and oxygen atoms in total. The van der Waals surface area contributed by atoms with Crippen molar-refractivity contribution in [2.75, 3.05) is 26.9 Å². The number of hydrogen-bond acceptors (Lipinski definition) is 4. The molecule has 0 aliphatic carbocycles. The second-order valence-electron chi connectivity index (χ2n) is 6.02. The van der Waals surface area contributed by atoms with Gasteiger partial charge in [-0.15, -0.1) is 0 Å². The standard InChI is InChI=1S/C19H23NO3/c1-22-17-9-7-16(8-10-17)18(15-5-3-2-4-6-15)20-13-19(21)11-12-23-14-19/h2-10,18,20-21H,11-14H2,1H3/t18-,19-/m1/s1. The first-order valence-corrected chi connectivity index (χ1v) is 7.93. The lowest BCUT2D eigenvalue weighted by Gasteiger charge is -2.26. The zero-order valence-corrected chi connectivity index (χ0v) is 13.4. The van der Waals surface area contributed by atoms with Gasteiger partial charge in [-0.05, 0) is 23.3 Å². The minimum absolute atomic E-state index is 0.0201. The van der Waals surface area contributed by atoms with E-state index in [2.05, 4.69) is 29.6 Å². The summed E-state index contributed by atoms with van der Waals surface area (Å²) in [5.74, 6) is 0.836. The van der Waals surface area contributed by atoms with Gasteiger partial charge in [-0.25, -0.2) is 0 Å². The van der Waals surface area contributed by atoms with Crippen LogP contribution in [0.4, 0.5) is 0 Å². The Labute approximate surface area is 137 Å². The highest BCUT2D eigenvalue weighted by atomic mass is 16.5. The molecule has 1 aliphatic heterocycles. The van der Waals surface area contributed by atoms with Gasteiger partial charge in [-0.2, -0.15) is 0 Å². The lowest BCUT2D eigenvalue weighted by molar-refractivity contribution is 0.0257. The van der Waals surface area contributed by atoms with E-state index in [1.165, 1.54) is 5.56 Å². The Morgan fingerprint density at radius 2 is 1.83 bits per heavy atom. The van der Waals surface area contributed by atoms with E-state index in [1.807, 2.05) is 30.3 Å². The van der Waals surface area contributed by atoms with Crippen LogP contribution in [-0.2, 0) is 4.74 Å². The molecule has 2 aromatic rings. The highest BCUT2D eigenvalue weighted by molar-refractivity contribution is 5.35. The van der Waals surface area contributed by atoms with E-state index >= 15 is 0 Å². The summed E-state index contributed by atoms with van der Waals surface area (Å²) in [7, 11) is 1.66. The number of benzene rings is 2. The first-order chi connectivity index (χ1) is 11.2. The minimum atomic E-state index is -0.778. The fourth-order valence-corrected chi connectivity index (χ4v) is 2.90. The van der Waals surface area contributed by atoms with Crippen LogP contribution in [0.3, 0.4) is 0 Å². The van der Waals surface area contributed by atoms with Crippen LogP contribution in [0.15, 0.2) is 54.6 Å². The molecule has 1 heterocycles. The third-order valence-electron chi connectivity index (χ3n) is 4.30. The zero-order chi connectivity index (χ0) is 16.1. The van der Waals surface area contributed by atoms with Crippen molar-refractivity contribution >= 4 is 0 Å². The fourth-order valence-electron chi connectivity index (χ4n) is 2.90. The molecule has 3 rings (SSSR count). The largest absolute Gasteiger partial charge is 0.497 e. The third-order valence-corrected chi connectivity index (χ3v) is 4.30. The van der Waals surface area contributed by atoms with E-state index in [-0.39, 0.29) is 6.04 Å².